The highest BCUT2D eigenvalue weighted by Gasteiger charge is 2.20. The highest BCUT2D eigenvalue weighted by Crippen LogP contribution is 2.23. The Kier molecular flexibility index (Phi) is 4.10. The lowest BCUT2D eigenvalue weighted by atomic mass is 10.0. The second kappa shape index (κ2) is 5.46. The molecule has 19 heavy (non-hydrogen) atoms. The summed E-state index contributed by atoms with van der Waals surface area (Å²) in [5, 5.41) is 3.07. The Morgan fingerprint density at radius 3 is 2.79 bits per heavy atom. The number of halogens is 1. The Labute approximate surface area is 112 Å². The van der Waals surface area contributed by atoms with Gasteiger partial charge >= 0.3 is 0 Å². The molecule has 1 aromatic carbocycles. The quantitative estimate of drug-likeness (QED) is 0.866. The van der Waals surface area contributed by atoms with Gasteiger partial charge in [-0.15, -0.1) is 0 Å². The molecule has 6 heteroatoms. The maximum absolute atomic E-state index is 13.7. The second-order valence-corrected chi connectivity index (χ2v) is 6.98. The average Bonchev–Trinajstić information content (AvgIpc) is 2.30. The Balaban J connectivity index is 2.19. The Morgan fingerprint density at radius 1 is 1.42 bits per heavy atom. The molecule has 106 valence electrons. The fourth-order valence-electron chi connectivity index (χ4n) is 2.19. The maximum atomic E-state index is 13.7. The van der Waals surface area contributed by atoms with E-state index < -0.39 is 15.7 Å². The first-order valence-electron chi connectivity index (χ1n) is 6.24. The third-order valence-electron chi connectivity index (χ3n) is 3.21. The van der Waals surface area contributed by atoms with Crippen LogP contribution in [-0.4, -0.2) is 33.4 Å². The van der Waals surface area contributed by atoms with Gasteiger partial charge in [0, 0.05) is 18.9 Å². The first kappa shape index (κ1) is 14.3. The van der Waals surface area contributed by atoms with E-state index >= 15 is 0 Å². The van der Waals surface area contributed by atoms with E-state index in [4.69, 9.17) is 4.74 Å². The minimum atomic E-state index is -3.33. The van der Waals surface area contributed by atoms with Crippen LogP contribution in [-0.2, 0) is 14.6 Å². The number of anilines is 1. The highest BCUT2D eigenvalue weighted by atomic mass is 32.2. The van der Waals surface area contributed by atoms with E-state index in [1.165, 1.54) is 18.2 Å². The Hall–Kier alpha value is -1.14. The van der Waals surface area contributed by atoms with Gasteiger partial charge in [0.05, 0.1) is 16.7 Å². The van der Waals surface area contributed by atoms with Crippen molar-refractivity contribution in [3.63, 3.8) is 0 Å². The monoisotopic (exact) mass is 287 g/mol. The standard InChI is InChI=1S/C13H18FNO3S/c1-9-7-10(5-6-18-9)15-13-8-11(19(2,16)17)3-4-12(13)14/h3-4,8-10,15H,5-7H2,1-2H3. The summed E-state index contributed by atoms with van der Waals surface area (Å²) in [6.07, 6.45) is 2.81. The van der Waals surface area contributed by atoms with Crippen LogP contribution in [0, 0.1) is 5.82 Å². The molecule has 1 aliphatic rings. The summed E-state index contributed by atoms with van der Waals surface area (Å²) in [6, 6.07) is 3.92. The van der Waals surface area contributed by atoms with E-state index in [1.807, 2.05) is 6.92 Å². The molecule has 1 aromatic rings. The van der Waals surface area contributed by atoms with Crippen molar-refractivity contribution in [2.75, 3.05) is 18.2 Å². The summed E-state index contributed by atoms with van der Waals surface area (Å²) in [4.78, 5) is 0.122. The van der Waals surface area contributed by atoms with Gasteiger partial charge in [0.2, 0.25) is 0 Å². The lowest BCUT2D eigenvalue weighted by Crippen LogP contribution is -2.32. The summed E-state index contributed by atoms with van der Waals surface area (Å²) in [5.41, 5.74) is 0.238. The molecule has 0 amide bonds. The summed E-state index contributed by atoms with van der Waals surface area (Å²) in [6.45, 7) is 2.60. The average molecular weight is 287 g/mol. The molecule has 1 fully saturated rings. The van der Waals surface area contributed by atoms with Gasteiger partial charge in [-0.05, 0) is 38.0 Å². The topological polar surface area (TPSA) is 55.4 Å². The molecule has 1 saturated heterocycles. The molecule has 1 heterocycles. The molecular weight excluding hydrogens is 269 g/mol. The molecule has 4 nitrogen and oxygen atoms in total. The third kappa shape index (κ3) is 3.67. The van der Waals surface area contributed by atoms with Crippen LogP contribution in [0.5, 0.6) is 0 Å². The van der Waals surface area contributed by atoms with E-state index in [0.29, 0.717) is 6.61 Å². The van der Waals surface area contributed by atoms with Crippen LogP contribution >= 0.6 is 0 Å². The van der Waals surface area contributed by atoms with Crippen molar-refractivity contribution in [2.45, 2.75) is 36.8 Å². The van der Waals surface area contributed by atoms with Crippen molar-refractivity contribution < 1.29 is 17.5 Å². The molecule has 0 aliphatic carbocycles. The minimum absolute atomic E-state index is 0.105. The van der Waals surface area contributed by atoms with Gasteiger partial charge in [-0.1, -0.05) is 0 Å². The summed E-state index contributed by atoms with van der Waals surface area (Å²) in [7, 11) is -3.33. The van der Waals surface area contributed by atoms with Gasteiger partial charge in [0.25, 0.3) is 0 Å². The fraction of sp³-hybridized carbons (Fsp3) is 0.538. The Bertz CT molecular complexity index is 559. The van der Waals surface area contributed by atoms with Crippen molar-refractivity contribution in [2.24, 2.45) is 0 Å². The zero-order chi connectivity index (χ0) is 14.0. The molecular formula is C13H18FNO3S. The number of nitrogens with one attached hydrogen (secondary N) is 1. The van der Waals surface area contributed by atoms with Gasteiger partial charge < -0.3 is 10.1 Å². The molecule has 0 aromatic heterocycles. The molecule has 0 radical (unpaired) electrons. The van der Waals surface area contributed by atoms with Gasteiger partial charge in [-0.2, -0.15) is 0 Å². The molecule has 1 N–H and O–H groups in total. The largest absolute Gasteiger partial charge is 0.380 e. The molecule has 0 bridgehead atoms. The lowest BCUT2D eigenvalue weighted by Gasteiger charge is -2.28. The van der Waals surface area contributed by atoms with Crippen molar-refractivity contribution in [1.29, 1.82) is 0 Å². The van der Waals surface area contributed by atoms with Gasteiger partial charge in [-0.3, -0.25) is 0 Å². The van der Waals surface area contributed by atoms with Crippen LogP contribution in [0.25, 0.3) is 0 Å². The Morgan fingerprint density at radius 2 is 2.16 bits per heavy atom. The van der Waals surface area contributed by atoms with Crippen molar-refractivity contribution in [3.8, 4) is 0 Å². The zero-order valence-corrected chi connectivity index (χ0v) is 11.8. The van der Waals surface area contributed by atoms with Crippen LogP contribution in [0.1, 0.15) is 19.8 Å². The highest BCUT2D eigenvalue weighted by molar-refractivity contribution is 7.90. The van der Waals surface area contributed by atoms with Crippen molar-refractivity contribution in [3.05, 3.63) is 24.0 Å². The van der Waals surface area contributed by atoms with Gasteiger partial charge in [-0.25, -0.2) is 12.8 Å². The van der Waals surface area contributed by atoms with Crippen LogP contribution in [0.3, 0.4) is 0 Å². The number of ether oxygens (including phenoxy) is 1. The van der Waals surface area contributed by atoms with E-state index in [0.717, 1.165) is 19.1 Å². The maximum Gasteiger partial charge on any atom is 0.175 e. The van der Waals surface area contributed by atoms with E-state index in [1.54, 1.807) is 0 Å². The molecule has 2 atom stereocenters. The number of benzene rings is 1. The summed E-state index contributed by atoms with van der Waals surface area (Å²) in [5.74, 6) is -0.438. The molecule has 2 rings (SSSR count). The minimum Gasteiger partial charge on any atom is -0.380 e. The zero-order valence-electron chi connectivity index (χ0n) is 11.0. The molecule has 1 aliphatic heterocycles. The van der Waals surface area contributed by atoms with Crippen LogP contribution in [0.15, 0.2) is 23.1 Å². The van der Waals surface area contributed by atoms with E-state index in [2.05, 4.69) is 5.32 Å². The first-order valence-corrected chi connectivity index (χ1v) is 8.13. The third-order valence-corrected chi connectivity index (χ3v) is 4.32. The van der Waals surface area contributed by atoms with Crippen molar-refractivity contribution >= 4 is 15.5 Å². The van der Waals surface area contributed by atoms with E-state index in [-0.39, 0.29) is 22.7 Å². The smallest absolute Gasteiger partial charge is 0.175 e. The summed E-state index contributed by atoms with van der Waals surface area (Å²) >= 11 is 0. The molecule has 0 spiro atoms. The predicted molar refractivity (Wildman–Crippen MR) is 71.6 cm³/mol. The number of hydrogen-bond donors (Lipinski definition) is 1. The number of sulfone groups is 1. The number of rotatable bonds is 3. The van der Waals surface area contributed by atoms with Crippen LogP contribution < -0.4 is 5.32 Å². The lowest BCUT2D eigenvalue weighted by molar-refractivity contribution is 0.0232. The molecule has 0 saturated carbocycles. The molecule has 2 unspecified atom stereocenters. The van der Waals surface area contributed by atoms with Crippen LogP contribution in [0.4, 0.5) is 10.1 Å². The number of hydrogen-bond acceptors (Lipinski definition) is 4. The SMILES string of the molecule is CC1CC(Nc2cc(S(C)(=O)=O)ccc2F)CCO1. The van der Waals surface area contributed by atoms with E-state index in [9.17, 15) is 12.8 Å². The van der Waals surface area contributed by atoms with Crippen LogP contribution in [0.2, 0.25) is 0 Å². The normalized spacial score (nSPS) is 24.2. The summed E-state index contributed by atoms with van der Waals surface area (Å²) < 4.78 is 42.1. The predicted octanol–water partition coefficient (Wildman–Crippen LogP) is 2.21. The van der Waals surface area contributed by atoms with Gasteiger partial charge in [0.15, 0.2) is 9.84 Å². The fourth-order valence-corrected chi connectivity index (χ4v) is 2.84. The van der Waals surface area contributed by atoms with Crippen molar-refractivity contribution in [1.82, 2.24) is 0 Å². The second-order valence-electron chi connectivity index (χ2n) is 4.96. The first-order chi connectivity index (χ1) is 8.86. The van der Waals surface area contributed by atoms with Gasteiger partial charge in [0.1, 0.15) is 5.82 Å².